The molecule has 4 rings (SSSR count). The van der Waals surface area contributed by atoms with Crippen LogP contribution in [0.2, 0.25) is 0 Å². The van der Waals surface area contributed by atoms with Crippen molar-refractivity contribution >= 4 is 21.1 Å². The fourth-order valence-electron chi connectivity index (χ4n) is 2.75. The second-order valence-electron chi connectivity index (χ2n) is 5.43. The van der Waals surface area contributed by atoms with Crippen molar-refractivity contribution in [3.8, 4) is 17.6 Å². The van der Waals surface area contributed by atoms with E-state index in [0.29, 0.717) is 3.97 Å². The smallest absolute Gasteiger partial charge is 0.395 e. The Morgan fingerprint density at radius 1 is 1.22 bits per heavy atom. The van der Waals surface area contributed by atoms with Crippen LogP contribution in [0.3, 0.4) is 0 Å². The molecule has 27 heavy (non-hydrogen) atoms. The summed E-state index contributed by atoms with van der Waals surface area (Å²) < 4.78 is 66.8. The number of rotatable bonds is 2. The number of hydrogen-bond acceptors (Lipinski definition) is 8. The Labute approximate surface area is 151 Å². The third-order valence-corrected chi connectivity index (χ3v) is 5.65. The SMILES string of the molecule is C.Cc1noc(C)c1S(=O)(=O)n1c(C#N)nc2cc3c(cc21)OC(F)(F)O3. The first-order chi connectivity index (χ1) is 12.1. The van der Waals surface area contributed by atoms with Crippen molar-refractivity contribution in [1.82, 2.24) is 14.1 Å². The molecule has 0 bridgehead atoms. The number of hydrogen-bond donors (Lipinski definition) is 0. The second kappa shape index (κ2) is 5.65. The second-order valence-corrected chi connectivity index (χ2v) is 7.15. The number of imidazole rings is 1. The summed E-state index contributed by atoms with van der Waals surface area (Å²) in [6.45, 7) is 2.82. The van der Waals surface area contributed by atoms with Gasteiger partial charge in [-0.25, -0.2) is 17.4 Å². The molecule has 0 fully saturated rings. The van der Waals surface area contributed by atoms with Gasteiger partial charge in [-0.15, -0.1) is 8.78 Å². The van der Waals surface area contributed by atoms with Crippen LogP contribution in [0.5, 0.6) is 11.5 Å². The molecule has 0 saturated heterocycles. The van der Waals surface area contributed by atoms with Crippen molar-refractivity contribution in [3.63, 3.8) is 0 Å². The Hall–Kier alpha value is -3.20. The van der Waals surface area contributed by atoms with E-state index in [2.05, 4.69) is 19.6 Å². The monoisotopic (exact) mass is 398 g/mol. The molecule has 0 N–H and O–H groups in total. The van der Waals surface area contributed by atoms with Crippen LogP contribution in [0.15, 0.2) is 21.6 Å². The number of aromatic nitrogens is 3. The van der Waals surface area contributed by atoms with Crippen molar-refractivity contribution in [2.45, 2.75) is 32.5 Å². The molecular weight excluding hydrogens is 386 g/mol. The summed E-state index contributed by atoms with van der Waals surface area (Å²) in [4.78, 5) is 3.64. The first-order valence-electron chi connectivity index (χ1n) is 7.05. The topological polar surface area (TPSA) is 120 Å². The lowest BCUT2D eigenvalue weighted by atomic mass is 10.3. The average molecular weight is 398 g/mol. The number of nitriles is 1. The molecule has 3 heterocycles. The maximum absolute atomic E-state index is 13.2. The number of nitrogens with zero attached hydrogens (tertiary/aromatic N) is 4. The van der Waals surface area contributed by atoms with E-state index in [1.54, 1.807) is 6.07 Å². The number of ether oxygens (including phenoxy) is 2. The van der Waals surface area contributed by atoms with Crippen LogP contribution in [0.4, 0.5) is 8.78 Å². The molecule has 2 aromatic heterocycles. The van der Waals surface area contributed by atoms with Gasteiger partial charge in [0, 0.05) is 12.1 Å². The molecule has 0 aliphatic carbocycles. The van der Waals surface area contributed by atoms with Gasteiger partial charge in [-0.2, -0.15) is 5.26 Å². The van der Waals surface area contributed by atoms with Gasteiger partial charge >= 0.3 is 6.29 Å². The van der Waals surface area contributed by atoms with Crippen LogP contribution in [0.25, 0.3) is 11.0 Å². The Kier molecular flexibility index (Phi) is 3.89. The highest BCUT2D eigenvalue weighted by Crippen LogP contribution is 2.43. The highest BCUT2D eigenvalue weighted by Gasteiger charge is 2.44. The predicted molar refractivity (Wildman–Crippen MR) is 85.9 cm³/mol. The van der Waals surface area contributed by atoms with Crippen molar-refractivity contribution in [3.05, 3.63) is 29.4 Å². The van der Waals surface area contributed by atoms with Crippen molar-refractivity contribution in [2.24, 2.45) is 0 Å². The summed E-state index contributed by atoms with van der Waals surface area (Å²) >= 11 is 0. The fourth-order valence-corrected chi connectivity index (χ4v) is 4.46. The highest BCUT2D eigenvalue weighted by molar-refractivity contribution is 7.90. The Balaban J connectivity index is 0.00000210. The van der Waals surface area contributed by atoms with E-state index in [9.17, 15) is 22.5 Å². The van der Waals surface area contributed by atoms with E-state index in [4.69, 9.17) is 4.52 Å². The summed E-state index contributed by atoms with van der Waals surface area (Å²) in [6.07, 6.45) is -3.87. The van der Waals surface area contributed by atoms with Gasteiger partial charge in [0.05, 0.1) is 11.0 Å². The molecule has 1 aliphatic rings. The zero-order valence-electron chi connectivity index (χ0n) is 13.1. The summed E-state index contributed by atoms with van der Waals surface area (Å²) in [5.74, 6) is -1.13. The molecule has 0 atom stereocenters. The molecule has 1 aliphatic heterocycles. The maximum atomic E-state index is 13.2. The van der Waals surface area contributed by atoms with Gasteiger partial charge in [0.2, 0.25) is 5.82 Å². The van der Waals surface area contributed by atoms with Gasteiger partial charge in [0.25, 0.3) is 10.0 Å². The summed E-state index contributed by atoms with van der Waals surface area (Å²) in [7, 11) is -4.34. The number of benzene rings is 1. The van der Waals surface area contributed by atoms with E-state index in [1.807, 2.05) is 0 Å². The summed E-state index contributed by atoms with van der Waals surface area (Å²) in [5, 5.41) is 12.9. The lowest BCUT2D eigenvalue weighted by Gasteiger charge is -2.07. The Bertz CT molecular complexity index is 1200. The largest absolute Gasteiger partial charge is 0.586 e. The zero-order chi connectivity index (χ0) is 18.9. The van der Waals surface area contributed by atoms with Gasteiger partial charge in [0.15, 0.2) is 22.2 Å². The normalized spacial score (nSPS) is 14.8. The van der Waals surface area contributed by atoms with Crippen LogP contribution < -0.4 is 9.47 Å². The third kappa shape index (κ3) is 2.58. The molecule has 0 radical (unpaired) electrons. The molecule has 3 aromatic rings. The molecule has 9 nitrogen and oxygen atoms in total. The molecule has 0 saturated carbocycles. The lowest BCUT2D eigenvalue weighted by Crippen LogP contribution is -2.25. The Morgan fingerprint density at radius 2 is 1.85 bits per heavy atom. The van der Waals surface area contributed by atoms with E-state index in [1.165, 1.54) is 13.8 Å². The summed E-state index contributed by atoms with van der Waals surface area (Å²) in [5.41, 5.74) is -0.0703. The van der Waals surface area contributed by atoms with E-state index >= 15 is 0 Å². The molecule has 0 amide bonds. The van der Waals surface area contributed by atoms with Gasteiger partial charge < -0.3 is 14.0 Å². The zero-order valence-corrected chi connectivity index (χ0v) is 14.0. The first kappa shape index (κ1) is 18.6. The van der Waals surface area contributed by atoms with Crippen LogP contribution in [-0.2, 0) is 10.0 Å². The summed E-state index contributed by atoms with van der Waals surface area (Å²) in [6, 6.07) is 3.77. The molecular formula is C15H12F2N4O5S. The third-order valence-electron chi connectivity index (χ3n) is 3.70. The van der Waals surface area contributed by atoms with Gasteiger partial charge in [0.1, 0.15) is 11.8 Å². The molecule has 142 valence electrons. The minimum atomic E-state index is -4.34. The van der Waals surface area contributed by atoms with E-state index in [-0.39, 0.29) is 46.3 Å². The van der Waals surface area contributed by atoms with Gasteiger partial charge in [-0.1, -0.05) is 12.6 Å². The molecule has 0 unspecified atom stereocenters. The molecule has 12 heteroatoms. The van der Waals surface area contributed by atoms with Crippen LogP contribution in [-0.4, -0.2) is 28.8 Å². The first-order valence-corrected chi connectivity index (χ1v) is 8.49. The van der Waals surface area contributed by atoms with Crippen LogP contribution >= 0.6 is 0 Å². The standard InChI is InChI=1S/C14H8F2N4O5S.CH4/c1-6-13(7(2)25-19-6)26(21,22)20-9-4-11-10(23-14(15,16)24-11)3-8(9)18-12(20)5-17;/h3-4H,1-2H3;1H4. The number of aryl methyl sites for hydroxylation is 2. The number of fused-ring (bicyclic) bond motifs is 2. The maximum Gasteiger partial charge on any atom is 0.586 e. The molecule has 0 spiro atoms. The molecule has 1 aromatic carbocycles. The fraction of sp³-hybridized carbons (Fsp3) is 0.267. The van der Waals surface area contributed by atoms with Gasteiger partial charge in [-0.05, 0) is 13.8 Å². The quantitative estimate of drug-likeness (QED) is 0.646. The minimum absolute atomic E-state index is 0. The minimum Gasteiger partial charge on any atom is -0.395 e. The number of halogens is 2. The lowest BCUT2D eigenvalue weighted by molar-refractivity contribution is -0.286. The van der Waals surface area contributed by atoms with E-state index in [0.717, 1.165) is 12.1 Å². The number of alkyl halides is 2. The van der Waals surface area contributed by atoms with Crippen LogP contribution in [0, 0.1) is 25.2 Å². The van der Waals surface area contributed by atoms with Crippen molar-refractivity contribution in [1.29, 1.82) is 5.26 Å². The van der Waals surface area contributed by atoms with E-state index < -0.39 is 22.1 Å². The van der Waals surface area contributed by atoms with Gasteiger partial charge in [-0.3, -0.25) is 0 Å². The van der Waals surface area contributed by atoms with Crippen LogP contribution in [0.1, 0.15) is 24.7 Å². The predicted octanol–water partition coefficient (Wildman–Crippen LogP) is 2.71. The van der Waals surface area contributed by atoms with Crippen molar-refractivity contribution in [2.75, 3.05) is 0 Å². The average Bonchev–Trinajstić information content (AvgIpc) is 3.15. The highest BCUT2D eigenvalue weighted by atomic mass is 32.2. The van der Waals surface area contributed by atoms with Crippen molar-refractivity contribution < 1.29 is 31.2 Å². The Morgan fingerprint density at radius 3 is 2.41 bits per heavy atom.